The molecule has 188 valence electrons. The standard InChI is InChI=1S/C25H31N3O5S2/c1-6-12-27(13-7-2)35(31,32)20-10-8-19(9-11-20)24(30)26-25-28(16-22(29)33-5)21-15-17(3)14-18(4)23(21)34-25/h8-11,14-15H,6-7,12-13,16H2,1-5H3. The number of amides is 1. The summed E-state index contributed by atoms with van der Waals surface area (Å²) in [7, 11) is -2.32. The maximum absolute atomic E-state index is 13.0. The predicted molar refractivity (Wildman–Crippen MR) is 137 cm³/mol. The summed E-state index contributed by atoms with van der Waals surface area (Å²) in [5, 5.41) is 0. The van der Waals surface area contributed by atoms with Crippen molar-refractivity contribution in [2.24, 2.45) is 4.99 Å². The molecule has 0 N–H and O–H groups in total. The molecule has 0 fully saturated rings. The number of benzene rings is 2. The fourth-order valence-corrected chi connectivity index (χ4v) is 6.57. The normalized spacial score (nSPS) is 12.5. The third kappa shape index (κ3) is 5.88. The first kappa shape index (κ1) is 26.8. The number of carbonyl (C=O) groups excluding carboxylic acids is 2. The summed E-state index contributed by atoms with van der Waals surface area (Å²) >= 11 is 1.32. The Morgan fingerprint density at radius 1 is 1.06 bits per heavy atom. The van der Waals surface area contributed by atoms with E-state index in [4.69, 9.17) is 4.74 Å². The van der Waals surface area contributed by atoms with Crippen LogP contribution in [0.5, 0.6) is 0 Å². The third-order valence-electron chi connectivity index (χ3n) is 5.51. The van der Waals surface area contributed by atoms with Gasteiger partial charge in [-0.15, -0.1) is 0 Å². The van der Waals surface area contributed by atoms with Gasteiger partial charge in [0.2, 0.25) is 10.0 Å². The van der Waals surface area contributed by atoms with Crippen LogP contribution in [0.3, 0.4) is 0 Å². The molecule has 0 aliphatic rings. The van der Waals surface area contributed by atoms with Crippen LogP contribution in [0, 0.1) is 13.8 Å². The van der Waals surface area contributed by atoms with Crippen LogP contribution in [0.15, 0.2) is 46.3 Å². The number of hydrogen-bond acceptors (Lipinski definition) is 6. The Hall–Kier alpha value is -2.82. The largest absolute Gasteiger partial charge is 0.468 e. The highest BCUT2D eigenvalue weighted by molar-refractivity contribution is 7.89. The molecule has 3 aromatic rings. The number of esters is 1. The number of aryl methyl sites for hydroxylation is 2. The van der Waals surface area contributed by atoms with Crippen molar-refractivity contribution in [1.82, 2.24) is 8.87 Å². The van der Waals surface area contributed by atoms with Gasteiger partial charge >= 0.3 is 5.97 Å². The highest BCUT2D eigenvalue weighted by atomic mass is 32.2. The Kier molecular flexibility index (Phi) is 8.63. The van der Waals surface area contributed by atoms with Crippen molar-refractivity contribution >= 4 is 43.5 Å². The second-order valence-electron chi connectivity index (χ2n) is 8.32. The number of aromatic nitrogens is 1. The minimum absolute atomic E-state index is 0.0760. The van der Waals surface area contributed by atoms with E-state index in [1.165, 1.54) is 47.0 Å². The summed E-state index contributed by atoms with van der Waals surface area (Å²) in [4.78, 5) is 29.9. The van der Waals surface area contributed by atoms with Crippen molar-refractivity contribution in [2.75, 3.05) is 20.2 Å². The Bertz CT molecular complexity index is 1400. The Morgan fingerprint density at radius 3 is 2.26 bits per heavy atom. The number of thiazole rings is 1. The van der Waals surface area contributed by atoms with Crippen LogP contribution in [-0.4, -0.2) is 49.4 Å². The molecule has 35 heavy (non-hydrogen) atoms. The Balaban J connectivity index is 2.01. The first-order valence-corrected chi connectivity index (χ1v) is 13.7. The number of rotatable bonds is 9. The number of hydrogen-bond donors (Lipinski definition) is 0. The van der Waals surface area contributed by atoms with Gasteiger partial charge in [-0.25, -0.2) is 8.42 Å². The van der Waals surface area contributed by atoms with Gasteiger partial charge in [0.1, 0.15) is 6.54 Å². The molecule has 8 nitrogen and oxygen atoms in total. The van der Waals surface area contributed by atoms with Gasteiger partial charge in [0.05, 0.1) is 22.2 Å². The zero-order valence-electron chi connectivity index (χ0n) is 20.7. The average Bonchev–Trinajstić information content (AvgIpc) is 3.15. The first-order chi connectivity index (χ1) is 16.6. The molecule has 0 saturated carbocycles. The molecule has 0 saturated heterocycles. The van der Waals surface area contributed by atoms with Gasteiger partial charge in [-0.2, -0.15) is 9.30 Å². The molecule has 0 aliphatic carbocycles. The minimum Gasteiger partial charge on any atom is -0.468 e. The molecular weight excluding hydrogens is 486 g/mol. The fraction of sp³-hybridized carbons (Fsp3) is 0.400. The summed E-state index contributed by atoms with van der Waals surface area (Å²) in [5.74, 6) is -0.969. The molecule has 1 aromatic heterocycles. The van der Waals surface area contributed by atoms with E-state index < -0.39 is 21.9 Å². The van der Waals surface area contributed by atoms with Crippen LogP contribution in [-0.2, 0) is 26.1 Å². The van der Waals surface area contributed by atoms with E-state index in [1.54, 1.807) is 4.57 Å². The van der Waals surface area contributed by atoms with Crippen molar-refractivity contribution in [1.29, 1.82) is 0 Å². The van der Waals surface area contributed by atoms with E-state index >= 15 is 0 Å². The molecule has 0 bridgehead atoms. The van der Waals surface area contributed by atoms with E-state index in [0.717, 1.165) is 21.3 Å². The maximum atomic E-state index is 13.0. The van der Waals surface area contributed by atoms with Crippen LogP contribution in [0.1, 0.15) is 48.2 Å². The molecule has 3 rings (SSSR count). The molecule has 1 heterocycles. The molecule has 10 heteroatoms. The van der Waals surface area contributed by atoms with Crippen LogP contribution >= 0.6 is 11.3 Å². The lowest BCUT2D eigenvalue weighted by Gasteiger charge is -2.21. The number of nitrogens with zero attached hydrogens (tertiary/aromatic N) is 3. The first-order valence-electron chi connectivity index (χ1n) is 11.5. The van der Waals surface area contributed by atoms with Crippen LogP contribution < -0.4 is 4.80 Å². The SMILES string of the molecule is CCCN(CCC)S(=O)(=O)c1ccc(C(=O)N=c2sc3c(C)cc(C)cc3n2CC(=O)OC)cc1. The third-order valence-corrected chi connectivity index (χ3v) is 8.65. The van der Waals surface area contributed by atoms with Crippen molar-refractivity contribution in [3.05, 3.63) is 57.9 Å². The summed E-state index contributed by atoms with van der Waals surface area (Å²) < 4.78 is 34.9. The zero-order chi connectivity index (χ0) is 25.8. The van der Waals surface area contributed by atoms with Gasteiger partial charge in [-0.1, -0.05) is 31.3 Å². The van der Waals surface area contributed by atoms with Crippen LogP contribution in [0.4, 0.5) is 0 Å². The van der Waals surface area contributed by atoms with E-state index in [2.05, 4.69) is 4.99 Å². The van der Waals surface area contributed by atoms with Gasteiger partial charge in [0.25, 0.3) is 5.91 Å². The van der Waals surface area contributed by atoms with E-state index in [0.29, 0.717) is 30.7 Å². The monoisotopic (exact) mass is 517 g/mol. The van der Waals surface area contributed by atoms with Crippen molar-refractivity contribution in [3.63, 3.8) is 0 Å². The average molecular weight is 518 g/mol. The molecule has 1 amide bonds. The summed E-state index contributed by atoms with van der Waals surface area (Å²) in [6.45, 7) is 8.61. The Labute approximate surface area is 209 Å². The number of ether oxygens (including phenoxy) is 1. The minimum atomic E-state index is -3.64. The summed E-state index contributed by atoms with van der Waals surface area (Å²) in [6.07, 6.45) is 1.43. The number of carbonyl (C=O) groups is 2. The molecule has 0 radical (unpaired) electrons. The highest BCUT2D eigenvalue weighted by Gasteiger charge is 2.23. The van der Waals surface area contributed by atoms with Gasteiger partial charge in [-0.05, 0) is 68.1 Å². The molecule has 0 aliphatic heterocycles. The zero-order valence-corrected chi connectivity index (χ0v) is 22.3. The lowest BCUT2D eigenvalue weighted by molar-refractivity contribution is -0.141. The molecular formula is C25H31N3O5S2. The van der Waals surface area contributed by atoms with Gasteiger partial charge in [-0.3, -0.25) is 9.59 Å². The number of methoxy groups -OCH3 is 1. The van der Waals surface area contributed by atoms with Crippen molar-refractivity contribution in [3.8, 4) is 0 Å². The predicted octanol–water partition coefficient (Wildman–Crippen LogP) is 4.04. The molecule has 0 spiro atoms. The Morgan fingerprint density at radius 2 is 1.69 bits per heavy atom. The van der Waals surface area contributed by atoms with Gasteiger partial charge in [0.15, 0.2) is 4.80 Å². The van der Waals surface area contributed by atoms with Gasteiger partial charge in [0, 0.05) is 18.7 Å². The number of sulfonamides is 1. The van der Waals surface area contributed by atoms with Crippen molar-refractivity contribution < 1.29 is 22.7 Å². The summed E-state index contributed by atoms with van der Waals surface area (Å²) in [5.41, 5.74) is 3.12. The van der Waals surface area contributed by atoms with Crippen LogP contribution in [0.25, 0.3) is 10.2 Å². The van der Waals surface area contributed by atoms with E-state index in [9.17, 15) is 18.0 Å². The smallest absolute Gasteiger partial charge is 0.325 e. The topological polar surface area (TPSA) is 98.0 Å². The van der Waals surface area contributed by atoms with Crippen LogP contribution in [0.2, 0.25) is 0 Å². The molecule has 0 atom stereocenters. The van der Waals surface area contributed by atoms with E-state index in [-0.39, 0.29) is 17.0 Å². The molecule has 0 unspecified atom stereocenters. The van der Waals surface area contributed by atoms with Gasteiger partial charge < -0.3 is 9.30 Å². The van der Waals surface area contributed by atoms with Crippen molar-refractivity contribution in [2.45, 2.75) is 52.0 Å². The lowest BCUT2D eigenvalue weighted by atomic mass is 10.1. The van der Waals surface area contributed by atoms with E-state index in [1.807, 2.05) is 39.8 Å². The maximum Gasteiger partial charge on any atom is 0.325 e. The second-order valence-corrected chi connectivity index (χ2v) is 11.2. The lowest BCUT2D eigenvalue weighted by Crippen LogP contribution is -2.32. The quantitative estimate of drug-likeness (QED) is 0.399. The fourth-order valence-electron chi connectivity index (χ4n) is 3.87. The number of fused-ring (bicyclic) bond motifs is 1. The highest BCUT2D eigenvalue weighted by Crippen LogP contribution is 2.24. The second kappa shape index (κ2) is 11.3. The molecule has 2 aromatic carbocycles. The summed E-state index contributed by atoms with van der Waals surface area (Å²) in [6, 6.07) is 9.81.